The van der Waals surface area contributed by atoms with Crippen LogP contribution < -0.4 is 5.32 Å². The van der Waals surface area contributed by atoms with E-state index < -0.39 is 18.2 Å². The summed E-state index contributed by atoms with van der Waals surface area (Å²) in [5.74, 6) is -0.475. The zero-order valence-electron chi connectivity index (χ0n) is 39.2. The van der Waals surface area contributed by atoms with Gasteiger partial charge in [-0.3, -0.25) is 9.59 Å². The van der Waals surface area contributed by atoms with Crippen molar-refractivity contribution in [3.8, 4) is 0 Å². The minimum absolute atomic E-state index is 0.0731. The molecule has 3 N–H and O–H groups in total. The minimum Gasteiger partial charge on any atom is -0.462 e. The van der Waals surface area contributed by atoms with Gasteiger partial charge in [0, 0.05) is 6.42 Å². The molecule has 0 bridgehead atoms. The van der Waals surface area contributed by atoms with Crippen LogP contribution in [0.4, 0.5) is 0 Å². The van der Waals surface area contributed by atoms with Crippen molar-refractivity contribution in [2.45, 2.75) is 302 Å². The van der Waals surface area contributed by atoms with Crippen molar-refractivity contribution >= 4 is 11.9 Å². The largest absolute Gasteiger partial charge is 0.462 e. The van der Waals surface area contributed by atoms with Crippen molar-refractivity contribution in [2.75, 3.05) is 6.61 Å². The highest BCUT2D eigenvalue weighted by Gasteiger charge is 2.24. The molecular weight excluding hydrogens is 719 g/mol. The number of rotatable bonds is 47. The van der Waals surface area contributed by atoms with Gasteiger partial charge in [0.05, 0.1) is 25.2 Å². The second-order valence-corrected chi connectivity index (χ2v) is 17.9. The lowest BCUT2D eigenvalue weighted by Gasteiger charge is -2.24. The highest BCUT2D eigenvalue weighted by Crippen LogP contribution is 2.18. The van der Waals surface area contributed by atoms with Gasteiger partial charge in [-0.05, 0) is 44.9 Å². The van der Waals surface area contributed by atoms with Crippen LogP contribution in [0.25, 0.3) is 0 Å². The fraction of sp³-hybridized carbons (Fsp3) is 0.923. The van der Waals surface area contributed by atoms with Crippen molar-refractivity contribution in [2.24, 2.45) is 0 Å². The molecule has 0 aliphatic carbocycles. The van der Waals surface area contributed by atoms with Crippen LogP contribution in [0, 0.1) is 0 Å². The first-order chi connectivity index (χ1) is 28.5. The molecule has 0 saturated heterocycles. The molecule has 0 aromatic rings. The van der Waals surface area contributed by atoms with Gasteiger partial charge in [0.25, 0.3) is 0 Å². The Morgan fingerprint density at radius 2 is 0.845 bits per heavy atom. The van der Waals surface area contributed by atoms with E-state index in [-0.39, 0.29) is 24.9 Å². The predicted molar refractivity (Wildman–Crippen MR) is 250 cm³/mol. The molecule has 0 heterocycles. The van der Waals surface area contributed by atoms with E-state index in [1.54, 1.807) is 0 Å². The second kappa shape index (κ2) is 46.7. The van der Waals surface area contributed by atoms with Gasteiger partial charge in [-0.1, -0.05) is 238 Å². The molecule has 0 radical (unpaired) electrons. The maximum Gasteiger partial charge on any atom is 0.306 e. The Kier molecular flexibility index (Phi) is 45.5. The maximum absolute atomic E-state index is 13.2. The highest BCUT2D eigenvalue weighted by atomic mass is 16.5. The molecule has 1 amide bonds. The summed E-state index contributed by atoms with van der Waals surface area (Å²) in [6.45, 7) is 6.46. The van der Waals surface area contributed by atoms with Gasteiger partial charge in [-0.15, -0.1) is 0 Å². The van der Waals surface area contributed by atoms with Crippen LogP contribution in [-0.4, -0.2) is 46.9 Å². The topological polar surface area (TPSA) is 95.9 Å². The van der Waals surface area contributed by atoms with Crippen molar-refractivity contribution in [3.05, 3.63) is 12.2 Å². The third-order valence-corrected chi connectivity index (χ3v) is 12.1. The molecule has 6 nitrogen and oxygen atoms in total. The normalized spacial score (nSPS) is 13.3. The third kappa shape index (κ3) is 41.3. The van der Waals surface area contributed by atoms with Crippen LogP contribution in [0.15, 0.2) is 12.2 Å². The summed E-state index contributed by atoms with van der Waals surface area (Å²) < 4.78 is 5.91. The van der Waals surface area contributed by atoms with Gasteiger partial charge in [-0.2, -0.15) is 0 Å². The van der Waals surface area contributed by atoms with E-state index in [9.17, 15) is 19.8 Å². The number of carbonyl (C=O) groups excluding carboxylic acids is 2. The Morgan fingerprint density at radius 3 is 1.28 bits per heavy atom. The van der Waals surface area contributed by atoms with E-state index in [0.717, 1.165) is 64.2 Å². The number of hydrogen-bond acceptors (Lipinski definition) is 5. The Hall–Kier alpha value is -1.40. The smallest absolute Gasteiger partial charge is 0.306 e. The number of esters is 1. The Balaban J connectivity index is 4.41. The Bertz CT molecular complexity index is 878. The van der Waals surface area contributed by atoms with Gasteiger partial charge in [0.1, 0.15) is 6.10 Å². The van der Waals surface area contributed by atoms with Crippen LogP contribution in [0.2, 0.25) is 0 Å². The molecule has 6 heteroatoms. The van der Waals surface area contributed by atoms with Crippen LogP contribution >= 0.6 is 0 Å². The maximum atomic E-state index is 13.2. The molecule has 0 spiro atoms. The fourth-order valence-corrected chi connectivity index (χ4v) is 8.12. The Labute approximate surface area is 361 Å². The number of nitrogens with one attached hydrogen (secondary N) is 1. The fourth-order valence-electron chi connectivity index (χ4n) is 8.12. The molecular formula is C52H101NO5. The molecule has 0 aliphatic heterocycles. The molecule has 3 unspecified atom stereocenters. The lowest BCUT2D eigenvalue weighted by molar-refractivity contribution is -0.151. The number of unbranched alkanes of at least 4 members (excludes halogenated alkanes) is 33. The molecule has 0 aromatic carbocycles. The monoisotopic (exact) mass is 820 g/mol. The number of aliphatic hydroxyl groups is 2. The summed E-state index contributed by atoms with van der Waals surface area (Å²) in [5, 5.41) is 23.7. The molecule has 0 rings (SSSR count). The van der Waals surface area contributed by atoms with Crippen LogP contribution in [-0.2, 0) is 14.3 Å². The summed E-state index contributed by atoms with van der Waals surface area (Å²) in [6.07, 6.45) is 51.4. The number of aliphatic hydroxyl groups excluding tert-OH is 2. The van der Waals surface area contributed by atoms with Gasteiger partial charge >= 0.3 is 5.97 Å². The molecule has 0 fully saturated rings. The molecule has 344 valence electrons. The summed E-state index contributed by atoms with van der Waals surface area (Å²) in [4.78, 5) is 26.1. The Morgan fingerprint density at radius 1 is 0.483 bits per heavy atom. The SMILES string of the molecule is CCCC/C=C\CCCCCC(CC(=O)NC(CO)C(O)CCCCCCCCCCCCCCCC)OC(=O)CCCCCCCCCCCCCCCCCC. The number of hydrogen-bond donors (Lipinski definition) is 3. The molecule has 0 saturated carbocycles. The summed E-state index contributed by atoms with van der Waals surface area (Å²) in [7, 11) is 0. The second-order valence-electron chi connectivity index (χ2n) is 17.9. The predicted octanol–water partition coefficient (Wildman–Crippen LogP) is 15.3. The first kappa shape index (κ1) is 56.6. The first-order valence-corrected chi connectivity index (χ1v) is 25.9. The van der Waals surface area contributed by atoms with E-state index in [2.05, 4.69) is 38.2 Å². The van der Waals surface area contributed by atoms with Crippen LogP contribution in [0.5, 0.6) is 0 Å². The lowest BCUT2D eigenvalue weighted by Crippen LogP contribution is -2.46. The van der Waals surface area contributed by atoms with E-state index in [1.165, 1.54) is 173 Å². The third-order valence-electron chi connectivity index (χ3n) is 12.1. The summed E-state index contributed by atoms with van der Waals surface area (Å²) >= 11 is 0. The van der Waals surface area contributed by atoms with Crippen molar-refractivity contribution in [1.29, 1.82) is 0 Å². The van der Waals surface area contributed by atoms with Gasteiger partial charge in [-0.25, -0.2) is 0 Å². The summed E-state index contributed by atoms with van der Waals surface area (Å²) in [5.41, 5.74) is 0. The standard InChI is InChI=1S/C52H101NO5/c1-4-7-10-13-16-19-21-23-25-26-28-30-33-36-39-42-45-52(57)58-48(43-40-37-34-31-18-15-12-9-6-3)46-51(56)53-49(47-54)50(55)44-41-38-35-32-29-27-24-22-20-17-14-11-8-5-2/h15,18,48-50,54-55H,4-14,16-17,19-47H2,1-3H3,(H,53,56)/b18-15-. The van der Waals surface area contributed by atoms with E-state index in [0.29, 0.717) is 19.3 Å². The average Bonchev–Trinajstić information content (AvgIpc) is 3.22. The van der Waals surface area contributed by atoms with Gasteiger partial charge < -0.3 is 20.3 Å². The van der Waals surface area contributed by atoms with Crippen molar-refractivity contribution in [3.63, 3.8) is 0 Å². The lowest BCUT2D eigenvalue weighted by atomic mass is 10.0. The molecule has 0 aromatic heterocycles. The first-order valence-electron chi connectivity index (χ1n) is 25.9. The van der Waals surface area contributed by atoms with E-state index in [1.807, 2.05) is 0 Å². The number of amides is 1. The number of carbonyl (C=O) groups is 2. The van der Waals surface area contributed by atoms with Crippen LogP contribution in [0.1, 0.15) is 284 Å². The van der Waals surface area contributed by atoms with Gasteiger partial charge in [0.15, 0.2) is 0 Å². The van der Waals surface area contributed by atoms with Crippen molar-refractivity contribution in [1.82, 2.24) is 5.32 Å². The zero-order chi connectivity index (χ0) is 42.4. The average molecular weight is 820 g/mol. The summed E-state index contributed by atoms with van der Waals surface area (Å²) in [6, 6.07) is -0.699. The van der Waals surface area contributed by atoms with Crippen molar-refractivity contribution < 1.29 is 24.5 Å². The number of ether oxygens (including phenoxy) is 1. The molecule has 58 heavy (non-hydrogen) atoms. The van der Waals surface area contributed by atoms with E-state index in [4.69, 9.17) is 4.74 Å². The van der Waals surface area contributed by atoms with Gasteiger partial charge in [0.2, 0.25) is 5.91 Å². The van der Waals surface area contributed by atoms with Crippen LogP contribution in [0.3, 0.4) is 0 Å². The molecule has 0 aliphatic rings. The van der Waals surface area contributed by atoms with E-state index >= 15 is 0 Å². The highest BCUT2D eigenvalue weighted by molar-refractivity contribution is 5.77. The minimum atomic E-state index is -0.785. The molecule has 3 atom stereocenters. The zero-order valence-corrected chi connectivity index (χ0v) is 39.2. The number of allylic oxidation sites excluding steroid dienone is 2. The quantitative estimate of drug-likeness (QED) is 0.0323.